The lowest BCUT2D eigenvalue weighted by Crippen LogP contribution is -2.21. The van der Waals surface area contributed by atoms with E-state index in [1.54, 1.807) is 6.07 Å². The highest BCUT2D eigenvalue weighted by Crippen LogP contribution is 2.25. The van der Waals surface area contributed by atoms with Crippen LogP contribution >= 0.6 is 15.9 Å². The minimum Gasteiger partial charge on any atom is -0.484 e. The Hall–Kier alpha value is -2.84. The predicted octanol–water partition coefficient (Wildman–Crippen LogP) is 5.50. The van der Waals surface area contributed by atoms with Crippen LogP contribution in [0.3, 0.4) is 0 Å². The number of carbonyl (C=O) groups excluding carboxylic acids is 1. The third-order valence-electron chi connectivity index (χ3n) is 4.90. The van der Waals surface area contributed by atoms with E-state index in [1.807, 2.05) is 52.0 Å². The minimum atomic E-state index is -3.74. The molecule has 0 aromatic heterocycles. The van der Waals surface area contributed by atoms with E-state index in [1.165, 1.54) is 24.3 Å². The van der Waals surface area contributed by atoms with E-state index < -0.39 is 10.0 Å². The molecule has 0 saturated heterocycles. The van der Waals surface area contributed by atoms with Crippen molar-refractivity contribution in [1.82, 2.24) is 0 Å². The number of halogens is 1. The zero-order valence-corrected chi connectivity index (χ0v) is 20.7. The summed E-state index contributed by atoms with van der Waals surface area (Å²) in [4.78, 5) is 12.4. The van der Waals surface area contributed by atoms with Crippen LogP contribution in [0.15, 0.2) is 64.0 Å². The number of aryl methyl sites for hydroxylation is 4. The summed E-state index contributed by atoms with van der Waals surface area (Å²) in [6, 6.07) is 15.4. The molecule has 3 aromatic carbocycles. The van der Waals surface area contributed by atoms with Crippen molar-refractivity contribution >= 4 is 43.2 Å². The van der Waals surface area contributed by atoms with Crippen molar-refractivity contribution in [3.05, 3.63) is 81.3 Å². The third-order valence-corrected chi connectivity index (χ3v) is 6.74. The normalized spacial score (nSPS) is 11.2. The molecule has 8 heteroatoms. The number of ether oxygens (including phenoxy) is 1. The number of amides is 1. The molecule has 0 fully saturated rings. The first-order valence-electron chi connectivity index (χ1n) is 9.95. The molecule has 32 heavy (non-hydrogen) atoms. The standard InChI is InChI=1S/C24H25BrN2O4S/c1-15-5-6-16(2)22(11-15)27-32(29,30)21-9-7-20(8-10-21)31-14-23(28)26-24-17(3)12-19(25)13-18(24)4/h5-13,27H,14H2,1-4H3,(H,26,28). The maximum atomic E-state index is 12.7. The number of hydrogen-bond acceptors (Lipinski definition) is 4. The molecule has 0 heterocycles. The van der Waals surface area contributed by atoms with Gasteiger partial charge in [-0.05, 0) is 92.4 Å². The molecule has 3 aromatic rings. The number of rotatable bonds is 7. The Balaban J connectivity index is 1.63. The summed E-state index contributed by atoms with van der Waals surface area (Å²) in [7, 11) is -3.74. The molecule has 0 radical (unpaired) electrons. The van der Waals surface area contributed by atoms with Gasteiger partial charge in [-0.3, -0.25) is 9.52 Å². The molecule has 0 atom stereocenters. The van der Waals surface area contributed by atoms with Crippen molar-refractivity contribution in [2.75, 3.05) is 16.6 Å². The largest absolute Gasteiger partial charge is 0.484 e. The van der Waals surface area contributed by atoms with Crippen molar-refractivity contribution in [1.29, 1.82) is 0 Å². The third kappa shape index (κ3) is 5.89. The Morgan fingerprint density at radius 3 is 2.16 bits per heavy atom. The summed E-state index contributed by atoms with van der Waals surface area (Å²) >= 11 is 3.43. The van der Waals surface area contributed by atoms with Gasteiger partial charge in [0.25, 0.3) is 15.9 Å². The first-order chi connectivity index (χ1) is 15.0. The first kappa shape index (κ1) is 23.8. The molecule has 0 aliphatic heterocycles. The second-order valence-electron chi connectivity index (χ2n) is 7.65. The Bertz CT molecular complexity index is 1230. The first-order valence-corrected chi connectivity index (χ1v) is 12.2. The van der Waals surface area contributed by atoms with Gasteiger partial charge in [0.2, 0.25) is 0 Å². The highest BCUT2D eigenvalue weighted by atomic mass is 79.9. The molecule has 0 aliphatic rings. The molecule has 168 valence electrons. The summed E-state index contributed by atoms with van der Waals surface area (Å²) in [6.07, 6.45) is 0. The Labute approximate surface area is 197 Å². The van der Waals surface area contributed by atoms with E-state index in [4.69, 9.17) is 4.74 Å². The molecule has 0 bridgehead atoms. The quantitative estimate of drug-likeness (QED) is 0.434. The van der Waals surface area contributed by atoms with E-state index in [0.29, 0.717) is 11.4 Å². The van der Waals surface area contributed by atoms with Gasteiger partial charge in [0.1, 0.15) is 5.75 Å². The fraction of sp³-hybridized carbons (Fsp3) is 0.208. The van der Waals surface area contributed by atoms with Crippen molar-refractivity contribution in [2.45, 2.75) is 32.6 Å². The summed E-state index contributed by atoms with van der Waals surface area (Å²) in [5, 5.41) is 2.86. The SMILES string of the molecule is Cc1ccc(C)c(NS(=O)(=O)c2ccc(OCC(=O)Nc3c(C)cc(Br)cc3C)cc2)c1. The summed E-state index contributed by atoms with van der Waals surface area (Å²) in [5.41, 5.74) is 4.97. The van der Waals surface area contributed by atoms with Gasteiger partial charge in [-0.15, -0.1) is 0 Å². The van der Waals surface area contributed by atoms with Gasteiger partial charge >= 0.3 is 0 Å². The van der Waals surface area contributed by atoms with Gasteiger partial charge in [-0.25, -0.2) is 8.42 Å². The van der Waals surface area contributed by atoms with Gasteiger partial charge in [-0.2, -0.15) is 0 Å². The predicted molar refractivity (Wildman–Crippen MR) is 131 cm³/mol. The maximum Gasteiger partial charge on any atom is 0.262 e. The lowest BCUT2D eigenvalue weighted by Gasteiger charge is -2.13. The lowest BCUT2D eigenvalue weighted by atomic mass is 10.1. The van der Waals surface area contributed by atoms with Crippen LogP contribution in [0.1, 0.15) is 22.3 Å². The Morgan fingerprint density at radius 1 is 0.906 bits per heavy atom. The zero-order chi connectivity index (χ0) is 23.5. The van der Waals surface area contributed by atoms with E-state index in [2.05, 4.69) is 26.0 Å². The van der Waals surface area contributed by atoms with Crippen molar-refractivity contribution < 1.29 is 17.9 Å². The molecule has 0 spiro atoms. The molecule has 2 N–H and O–H groups in total. The zero-order valence-electron chi connectivity index (χ0n) is 18.3. The number of hydrogen-bond donors (Lipinski definition) is 2. The average Bonchev–Trinajstić information content (AvgIpc) is 2.72. The molecule has 0 unspecified atom stereocenters. The van der Waals surface area contributed by atoms with Gasteiger partial charge < -0.3 is 10.1 Å². The number of benzene rings is 3. The molecule has 1 amide bonds. The van der Waals surface area contributed by atoms with Gasteiger partial charge in [0, 0.05) is 10.2 Å². The topological polar surface area (TPSA) is 84.5 Å². The molecular weight excluding hydrogens is 492 g/mol. The molecule has 6 nitrogen and oxygen atoms in total. The Kier molecular flexibility index (Phi) is 7.26. The minimum absolute atomic E-state index is 0.108. The van der Waals surface area contributed by atoms with Crippen LogP contribution < -0.4 is 14.8 Å². The smallest absolute Gasteiger partial charge is 0.262 e. The van der Waals surface area contributed by atoms with Gasteiger partial charge in [0.05, 0.1) is 10.6 Å². The average molecular weight is 517 g/mol. The highest BCUT2D eigenvalue weighted by molar-refractivity contribution is 9.10. The number of nitrogens with one attached hydrogen (secondary N) is 2. The van der Waals surface area contributed by atoms with E-state index in [-0.39, 0.29) is 17.4 Å². The summed E-state index contributed by atoms with van der Waals surface area (Å²) < 4.78 is 34.5. The second kappa shape index (κ2) is 9.75. The van der Waals surface area contributed by atoms with Crippen LogP contribution in [-0.4, -0.2) is 20.9 Å². The van der Waals surface area contributed by atoms with Crippen LogP contribution in [-0.2, 0) is 14.8 Å². The fourth-order valence-electron chi connectivity index (χ4n) is 3.20. The number of sulfonamides is 1. The summed E-state index contributed by atoms with van der Waals surface area (Å²) in [5.74, 6) is 0.0990. The molecule has 0 aliphatic carbocycles. The van der Waals surface area contributed by atoms with Crippen LogP contribution in [0.2, 0.25) is 0 Å². The van der Waals surface area contributed by atoms with Crippen molar-refractivity contribution in [3.8, 4) is 5.75 Å². The van der Waals surface area contributed by atoms with Crippen LogP contribution in [0.5, 0.6) is 5.75 Å². The second-order valence-corrected chi connectivity index (χ2v) is 10.2. The number of carbonyl (C=O) groups is 1. The molecule has 0 saturated carbocycles. The number of anilines is 2. The van der Waals surface area contributed by atoms with Crippen molar-refractivity contribution in [2.24, 2.45) is 0 Å². The molecular formula is C24H25BrN2O4S. The maximum absolute atomic E-state index is 12.7. The lowest BCUT2D eigenvalue weighted by molar-refractivity contribution is -0.118. The fourth-order valence-corrected chi connectivity index (χ4v) is 5.01. The highest BCUT2D eigenvalue weighted by Gasteiger charge is 2.16. The monoisotopic (exact) mass is 516 g/mol. The molecule has 3 rings (SSSR count). The van der Waals surface area contributed by atoms with E-state index in [0.717, 1.165) is 32.4 Å². The Morgan fingerprint density at radius 2 is 1.53 bits per heavy atom. The summed E-state index contributed by atoms with van der Waals surface area (Å²) in [6.45, 7) is 7.39. The van der Waals surface area contributed by atoms with Crippen LogP contribution in [0.4, 0.5) is 11.4 Å². The van der Waals surface area contributed by atoms with E-state index in [9.17, 15) is 13.2 Å². The van der Waals surface area contributed by atoms with Crippen molar-refractivity contribution in [3.63, 3.8) is 0 Å². The van der Waals surface area contributed by atoms with E-state index >= 15 is 0 Å². The van der Waals surface area contributed by atoms with Gasteiger partial charge in [0.15, 0.2) is 6.61 Å². The van der Waals surface area contributed by atoms with Gasteiger partial charge in [-0.1, -0.05) is 28.1 Å². The van der Waals surface area contributed by atoms with Crippen LogP contribution in [0, 0.1) is 27.7 Å². The van der Waals surface area contributed by atoms with Crippen LogP contribution in [0.25, 0.3) is 0 Å².